The highest BCUT2D eigenvalue weighted by Crippen LogP contribution is 2.15. The first-order valence-corrected chi connectivity index (χ1v) is 7.00. The molecule has 0 heterocycles. The molecule has 5 heteroatoms. The summed E-state index contributed by atoms with van der Waals surface area (Å²) in [4.78, 5) is 4.19. The number of halogens is 1. The summed E-state index contributed by atoms with van der Waals surface area (Å²) in [6.07, 6.45) is 0. The molecule has 0 saturated heterocycles. The lowest BCUT2D eigenvalue weighted by molar-refractivity contribution is 0.321. The summed E-state index contributed by atoms with van der Waals surface area (Å²) in [5.74, 6) is 1.71. The van der Waals surface area contributed by atoms with Gasteiger partial charge in [-0.3, -0.25) is 4.99 Å². The Bertz CT molecular complexity index is 447. The predicted octanol–water partition coefficient (Wildman–Crippen LogP) is 3.26. The maximum Gasteiger partial charge on any atom is 0.191 e. The summed E-state index contributed by atoms with van der Waals surface area (Å²) >= 11 is 0. The fourth-order valence-electron chi connectivity index (χ4n) is 1.89. The number of rotatable bonds is 4. The minimum Gasteiger partial charge on any atom is -0.492 e. The van der Waals surface area contributed by atoms with Crippen LogP contribution in [0.15, 0.2) is 23.2 Å². The topological polar surface area (TPSA) is 45.7 Å². The normalized spacial score (nSPS) is 11.6. The van der Waals surface area contributed by atoms with Gasteiger partial charge in [-0.2, -0.15) is 0 Å². The third-order valence-electron chi connectivity index (χ3n) is 2.58. The molecule has 1 rings (SSSR count). The van der Waals surface area contributed by atoms with Gasteiger partial charge in [-0.25, -0.2) is 0 Å². The van der Waals surface area contributed by atoms with Crippen LogP contribution in [0.4, 0.5) is 0 Å². The molecular weight excluding hydrogens is 377 g/mol. The van der Waals surface area contributed by atoms with Gasteiger partial charge in [0.25, 0.3) is 0 Å². The smallest absolute Gasteiger partial charge is 0.191 e. The van der Waals surface area contributed by atoms with Crippen molar-refractivity contribution in [1.29, 1.82) is 0 Å². The van der Waals surface area contributed by atoms with Crippen LogP contribution in [0.5, 0.6) is 5.75 Å². The molecule has 0 unspecified atom stereocenters. The summed E-state index contributed by atoms with van der Waals surface area (Å²) < 4.78 is 5.75. The Morgan fingerprint density at radius 1 is 1.14 bits per heavy atom. The monoisotopic (exact) mass is 405 g/mol. The van der Waals surface area contributed by atoms with E-state index in [0.29, 0.717) is 13.2 Å². The lowest BCUT2D eigenvalue weighted by atomic mass is 10.1. The van der Waals surface area contributed by atoms with E-state index >= 15 is 0 Å². The Kier molecular flexibility index (Phi) is 8.70. The van der Waals surface area contributed by atoms with Gasteiger partial charge in [0, 0.05) is 12.6 Å². The van der Waals surface area contributed by atoms with Crippen LogP contribution in [0.2, 0.25) is 0 Å². The van der Waals surface area contributed by atoms with Crippen LogP contribution in [-0.2, 0) is 0 Å². The van der Waals surface area contributed by atoms with Crippen LogP contribution in [0.3, 0.4) is 0 Å². The average Bonchev–Trinajstić information content (AvgIpc) is 2.30. The van der Waals surface area contributed by atoms with Crippen molar-refractivity contribution in [2.24, 2.45) is 4.99 Å². The number of ether oxygens (including phenoxy) is 1. The highest BCUT2D eigenvalue weighted by atomic mass is 127. The molecule has 2 N–H and O–H groups in total. The molecule has 21 heavy (non-hydrogen) atoms. The second kappa shape index (κ2) is 9.12. The van der Waals surface area contributed by atoms with E-state index in [9.17, 15) is 0 Å². The number of nitrogens with one attached hydrogen (secondary N) is 2. The molecule has 1 aromatic carbocycles. The summed E-state index contributed by atoms with van der Waals surface area (Å²) in [7, 11) is 1.77. The zero-order valence-corrected chi connectivity index (χ0v) is 16.2. The molecule has 120 valence electrons. The highest BCUT2D eigenvalue weighted by Gasteiger charge is 2.11. The van der Waals surface area contributed by atoms with Gasteiger partial charge in [0.1, 0.15) is 12.4 Å². The number of aryl methyl sites for hydroxylation is 2. The standard InChI is InChI=1S/C16H27N3O.HI/c1-12-9-13(2)11-14(10-12)20-8-7-18-15(17-6)19-16(3,4)5;/h9-11H,7-8H2,1-6H3,(H2,17,18,19);1H. The second-order valence-electron chi connectivity index (χ2n) is 6.05. The minimum absolute atomic E-state index is 0. The number of nitrogens with zero attached hydrogens (tertiary/aromatic N) is 1. The third-order valence-corrected chi connectivity index (χ3v) is 2.58. The molecule has 0 atom stereocenters. The zero-order chi connectivity index (χ0) is 15.2. The summed E-state index contributed by atoms with van der Waals surface area (Å²) in [5.41, 5.74) is 2.44. The third kappa shape index (κ3) is 8.80. The van der Waals surface area contributed by atoms with E-state index in [1.54, 1.807) is 7.05 Å². The van der Waals surface area contributed by atoms with Crippen molar-refractivity contribution >= 4 is 29.9 Å². The SMILES string of the molecule is CN=C(NCCOc1cc(C)cc(C)c1)NC(C)(C)C.I. The molecule has 0 radical (unpaired) electrons. The molecule has 0 saturated carbocycles. The van der Waals surface area contributed by atoms with Gasteiger partial charge >= 0.3 is 0 Å². The molecule has 1 aromatic rings. The first-order chi connectivity index (χ1) is 9.30. The maximum atomic E-state index is 5.75. The Hall–Kier alpha value is -0.980. The molecule has 0 aliphatic carbocycles. The van der Waals surface area contributed by atoms with E-state index in [-0.39, 0.29) is 29.5 Å². The minimum atomic E-state index is -0.00362. The largest absolute Gasteiger partial charge is 0.492 e. The van der Waals surface area contributed by atoms with Crippen molar-refractivity contribution in [2.45, 2.75) is 40.2 Å². The van der Waals surface area contributed by atoms with E-state index in [2.05, 4.69) is 68.4 Å². The van der Waals surface area contributed by atoms with Gasteiger partial charge in [-0.05, 0) is 57.9 Å². The average molecular weight is 405 g/mol. The van der Waals surface area contributed by atoms with Crippen molar-refractivity contribution in [1.82, 2.24) is 10.6 Å². The lowest BCUT2D eigenvalue weighted by Crippen LogP contribution is -2.48. The number of guanidine groups is 1. The fraction of sp³-hybridized carbons (Fsp3) is 0.562. The molecule has 0 amide bonds. The van der Waals surface area contributed by atoms with Gasteiger partial charge in [-0.1, -0.05) is 6.07 Å². The van der Waals surface area contributed by atoms with Crippen molar-refractivity contribution in [3.63, 3.8) is 0 Å². The van der Waals surface area contributed by atoms with Gasteiger partial charge < -0.3 is 15.4 Å². The van der Waals surface area contributed by atoms with E-state index in [4.69, 9.17) is 4.74 Å². The Labute approximate surface area is 145 Å². The zero-order valence-electron chi connectivity index (χ0n) is 13.9. The Morgan fingerprint density at radius 3 is 2.19 bits per heavy atom. The molecule has 0 bridgehead atoms. The molecular formula is C16H28IN3O. The molecule has 0 spiro atoms. The van der Waals surface area contributed by atoms with Crippen molar-refractivity contribution in [3.8, 4) is 5.75 Å². The van der Waals surface area contributed by atoms with Crippen molar-refractivity contribution < 1.29 is 4.74 Å². The van der Waals surface area contributed by atoms with Crippen LogP contribution in [0.1, 0.15) is 31.9 Å². The van der Waals surface area contributed by atoms with Gasteiger partial charge in [0.05, 0.1) is 6.54 Å². The first kappa shape index (κ1) is 20.0. The highest BCUT2D eigenvalue weighted by molar-refractivity contribution is 14.0. The molecule has 0 aliphatic rings. The van der Waals surface area contributed by atoms with Crippen LogP contribution in [0, 0.1) is 13.8 Å². The molecule has 0 aliphatic heterocycles. The number of hydrogen-bond donors (Lipinski definition) is 2. The Morgan fingerprint density at radius 2 is 1.71 bits per heavy atom. The predicted molar refractivity (Wildman–Crippen MR) is 101 cm³/mol. The van der Waals surface area contributed by atoms with E-state index < -0.39 is 0 Å². The van der Waals surface area contributed by atoms with Crippen molar-refractivity contribution in [2.75, 3.05) is 20.2 Å². The summed E-state index contributed by atoms with van der Waals surface area (Å²) in [5, 5.41) is 6.55. The lowest BCUT2D eigenvalue weighted by Gasteiger charge is -2.23. The fourth-order valence-corrected chi connectivity index (χ4v) is 1.89. The molecule has 4 nitrogen and oxygen atoms in total. The second-order valence-corrected chi connectivity index (χ2v) is 6.05. The number of benzene rings is 1. The van der Waals surface area contributed by atoms with Crippen LogP contribution < -0.4 is 15.4 Å². The summed E-state index contributed by atoms with van der Waals surface area (Å²) in [6.45, 7) is 11.8. The van der Waals surface area contributed by atoms with Crippen molar-refractivity contribution in [3.05, 3.63) is 29.3 Å². The summed E-state index contributed by atoms with van der Waals surface area (Å²) in [6, 6.07) is 6.24. The first-order valence-electron chi connectivity index (χ1n) is 7.00. The van der Waals surface area contributed by atoms with Gasteiger partial charge in [-0.15, -0.1) is 24.0 Å². The van der Waals surface area contributed by atoms with E-state index in [1.165, 1.54) is 11.1 Å². The van der Waals surface area contributed by atoms with Crippen LogP contribution in [0.25, 0.3) is 0 Å². The number of aliphatic imine (C=N–C) groups is 1. The van der Waals surface area contributed by atoms with E-state index in [1.807, 2.05) is 0 Å². The van der Waals surface area contributed by atoms with Crippen LogP contribution in [-0.4, -0.2) is 31.7 Å². The van der Waals surface area contributed by atoms with Gasteiger partial charge in [0.15, 0.2) is 5.96 Å². The van der Waals surface area contributed by atoms with Crippen LogP contribution >= 0.6 is 24.0 Å². The molecule has 0 aromatic heterocycles. The molecule has 0 fully saturated rings. The van der Waals surface area contributed by atoms with Gasteiger partial charge in [0.2, 0.25) is 0 Å². The number of hydrogen-bond acceptors (Lipinski definition) is 2. The Balaban J connectivity index is 0.00000400. The van der Waals surface area contributed by atoms with E-state index in [0.717, 1.165) is 11.7 Å². The maximum absolute atomic E-state index is 5.75. The quantitative estimate of drug-likeness (QED) is 0.350.